The molecule has 0 spiro atoms. The molecule has 0 aliphatic heterocycles. The number of hydrogen-bond donors (Lipinski definition) is 1. The second-order valence-corrected chi connectivity index (χ2v) is 8.69. The van der Waals surface area contributed by atoms with Gasteiger partial charge in [0.2, 0.25) is 10.0 Å². The molecule has 0 radical (unpaired) electrons. The molecule has 6 nitrogen and oxygen atoms in total. The van der Waals surface area contributed by atoms with Crippen LogP contribution in [0.1, 0.15) is 22.7 Å². The molecule has 0 aliphatic carbocycles. The molecule has 9 heteroatoms. The predicted molar refractivity (Wildman–Crippen MR) is 113 cm³/mol. The topological polar surface area (TPSA) is 81.7 Å². The summed E-state index contributed by atoms with van der Waals surface area (Å²) in [5.74, 6) is -1.22. The van der Waals surface area contributed by atoms with Crippen LogP contribution in [0.4, 0.5) is 8.78 Å². The van der Waals surface area contributed by atoms with E-state index in [4.69, 9.17) is 9.47 Å². The van der Waals surface area contributed by atoms with Crippen LogP contribution in [0.5, 0.6) is 5.75 Å². The summed E-state index contributed by atoms with van der Waals surface area (Å²) in [6.45, 7) is 1.65. The lowest BCUT2D eigenvalue weighted by Gasteiger charge is -2.18. The van der Waals surface area contributed by atoms with Crippen molar-refractivity contribution in [2.45, 2.75) is 24.5 Å². The van der Waals surface area contributed by atoms with Gasteiger partial charge in [-0.15, -0.1) is 0 Å². The van der Waals surface area contributed by atoms with Crippen LogP contribution in [0, 0.1) is 18.6 Å². The summed E-state index contributed by atoms with van der Waals surface area (Å²) in [7, 11) is -3.00. The number of benzene rings is 3. The summed E-state index contributed by atoms with van der Waals surface area (Å²) >= 11 is 0. The minimum Gasteiger partial charge on any atom is -0.489 e. The van der Waals surface area contributed by atoms with Crippen molar-refractivity contribution >= 4 is 16.0 Å². The predicted octanol–water partition coefficient (Wildman–Crippen LogP) is 4.04. The van der Waals surface area contributed by atoms with Gasteiger partial charge in [0, 0.05) is 0 Å². The van der Waals surface area contributed by atoms with Crippen molar-refractivity contribution in [1.29, 1.82) is 0 Å². The van der Waals surface area contributed by atoms with Crippen LogP contribution in [-0.2, 0) is 26.2 Å². The van der Waals surface area contributed by atoms with Gasteiger partial charge in [0.1, 0.15) is 30.0 Å². The first-order valence-electron chi connectivity index (χ1n) is 9.53. The standard InChI is InChI=1S/C23H21F2NO5S/c1-15-13-20(11-12-21(15)25)32(28,29)26-22(23(27)30-2)17-5-9-19(10-6-17)31-14-16-3-7-18(24)8-4-16/h3-13,22,26H,14H2,1-2H3/t22-/m1/s1. The smallest absolute Gasteiger partial charge is 0.328 e. The van der Waals surface area contributed by atoms with Gasteiger partial charge in [0.15, 0.2) is 0 Å². The number of sulfonamides is 1. The Morgan fingerprint density at radius 2 is 1.66 bits per heavy atom. The fourth-order valence-corrected chi connectivity index (χ4v) is 4.14. The molecule has 0 bridgehead atoms. The van der Waals surface area contributed by atoms with Gasteiger partial charge in [0.05, 0.1) is 12.0 Å². The van der Waals surface area contributed by atoms with E-state index in [-0.39, 0.29) is 22.9 Å². The van der Waals surface area contributed by atoms with Crippen LogP contribution in [0.2, 0.25) is 0 Å². The third-order valence-electron chi connectivity index (χ3n) is 4.68. The highest BCUT2D eigenvalue weighted by Crippen LogP contribution is 2.23. The molecule has 0 unspecified atom stereocenters. The number of carbonyl (C=O) groups excluding carboxylic acids is 1. The van der Waals surface area contributed by atoms with E-state index < -0.39 is 27.9 Å². The summed E-state index contributed by atoms with van der Waals surface area (Å²) in [5, 5.41) is 0. The van der Waals surface area contributed by atoms with E-state index in [1.807, 2.05) is 0 Å². The molecule has 0 fully saturated rings. The van der Waals surface area contributed by atoms with Crippen LogP contribution < -0.4 is 9.46 Å². The molecule has 1 atom stereocenters. The van der Waals surface area contributed by atoms with Gasteiger partial charge in [-0.1, -0.05) is 24.3 Å². The number of ether oxygens (including phenoxy) is 2. The maximum Gasteiger partial charge on any atom is 0.328 e. The van der Waals surface area contributed by atoms with Crippen LogP contribution in [0.15, 0.2) is 71.6 Å². The van der Waals surface area contributed by atoms with Gasteiger partial charge in [-0.05, 0) is 66.1 Å². The third kappa shape index (κ3) is 5.68. The van der Waals surface area contributed by atoms with Crippen molar-refractivity contribution in [3.05, 3.63) is 95.1 Å². The monoisotopic (exact) mass is 461 g/mol. The Labute approximate surface area is 184 Å². The molecule has 0 heterocycles. The van der Waals surface area contributed by atoms with E-state index in [9.17, 15) is 22.0 Å². The van der Waals surface area contributed by atoms with E-state index in [0.29, 0.717) is 11.3 Å². The van der Waals surface area contributed by atoms with Gasteiger partial charge >= 0.3 is 5.97 Å². The molecular weight excluding hydrogens is 440 g/mol. The zero-order valence-electron chi connectivity index (χ0n) is 17.3. The minimum absolute atomic E-state index is 0.158. The molecule has 168 valence electrons. The van der Waals surface area contributed by atoms with Gasteiger partial charge in [0.25, 0.3) is 0 Å². The Morgan fingerprint density at radius 3 is 2.25 bits per heavy atom. The zero-order valence-corrected chi connectivity index (χ0v) is 18.2. The summed E-state index contributed by atoms with van der Waals surface area (Å²) in [5.41, 5.74) is 1.25. The van der Waals surface area contributed by atoms with E-state index in [2.05, 4.69) is 4.72 Å². The summed E-state index contributed by atoms with van der Waals surface area (Å²) in [6, 6.07) is 14.1. The fourth-order valence-electron chi connectivity index (χ4n) is 2.88. The lowest BCUT2D eigenvalue weighted by atomic mass is 10.1. The Balaban J connectivity index is 1.77. The molecule has 1 N–H and O–H groups in total. The first-order valence-corrected chi connectivity index (χ1v) is 11.0. The molecular formula is C23H21F2NO5S. The average Bonchev–Trinajstić information content (AvgIpc) is 2.79. The third-order valence-corrected chi connectivity index (χ3v) is 6.10. The molecule has 0 aromatic heterocycles. The Kier molecular flexibility index (Phi) is 7.22. The van der Waals surface area contributed by atoms with Crippen molar-refractivity contribution in [3.8, 4) is 5.75 Å². The first-order chi connectivity index (χ1) is 15.2. The lowest BCUT2D eigenvalue weighted by molar-refractivity contribution is -0.142. The van der Waals surface area contributed by atoms with E-state index in [0.717, 1.165) is 24.8 Å². The Hall–Kier alpha value is -3.30. The van der Waals surface area contributed by atoms with Crippen molar-refractivity contribution in [2.75, 3.05) is 7.11 Å². The highest BCUT2D eigenvalue weighted by Gasteiger charge is 2.28. The maximum atomic E-state index is 13.5. The van der Waals surface area contributed by atoms with Crippen LogP contribution in [0.3, 0.4) is 0 Å². The molecule has 0 amide bonds. The van der Waals surface area contributed by atoms with Crippen LogP contribution in [0.25, 0.3) is 0 Å². The van der Waals surface area contributed by atoms with E-state index in [1.165, 1.54) is 37.3 Å². The molecule has 0 saturated heterocycles. The molecule has 0 aliphatic rings. The number of hydrogen-bond acceptors (Lipinski definition) is 5. The van der Waals surface area contributed by atoms with E-state index >= 15 is 0 Å². The summed E-state index contributed by atoms with van der Waals surface area (Å²) in [4.78, 5) is 12.1. The SMILES string of the molecule is COC(=O)[C@H](NS(=O)(=O)c1ccc(F)c(C)c1)c1ccc(OCc2ccc(F)cc2)cc1. The highest BCUT2D eigenvalue weighted by molar-refractivity contribution is 7.89. The molecule has 32 heavy (non-hydrogen) atoms. The van der Waals surface area contributed by atoms with Crippen molar-refractivity contribution in [2.24, 2.45) is 0 Å². The number of esters is 1. The largest absolute Gasteiger partial charge is 0.489 e. The molecule has 3 aromatic carbocycles. The van der Waals surface area contributed by atoms with Gasteiger partial charge < -0.3 is 9.47 Å². The fraction of sp³-hybridized carbons (Fsp3) is 0.174. The first kappa shape index (κ1) is 23.4. The quantitative estimate of drug-likeness (QED) is 0.512. The second kappa shape index (κ2) is 9.88. The molecule has 3 rings (SSSR count). The van der Waals surface area contributed by atoms with Crippen molar-refractivity contribution in [1.82, 2.24) is 4.72 Å². The van der Waals surface area contributed by atoms with Gasteiger partial charge in [-0.3, -0.25) is 0 Å². The Morgan fingerprint density at radius 1 is 1.00 bits per heavy atom. The lowest BCUT2D eigenvalue weighted by Crippen LogP contribution is -2.34. The van der Waals surface area contributed by atoms with Gasteiger partial charge in [-0.25, -0.2) is 22.0 Å². The number of nitrogens with one attached hydrogen (secondary N) is 1. The van der Waals surface area contributed by atoms with E-state index in [1.54, 1.807) is 24.3 Å². The number of aryl methyl sites for hydroxylation is 1. The number of halogens is 2. The maximum absolute atomic E-state index is 13.5. The molecule has 3 aromatic rings. The van der Waals surface area contributed by atoms with Crippen molar-refractivity contribution in [3.63, 3.8) is 0 Å². The number of carbonyl (C=O) groups is 1. The summed E-state index contributed by atoms with van der Waals surface area (Å²) < 4.78 is 64.7. The Bertz CT molecular complexity index is 1200. The zero-order chi connectivity index (χ0) is 23.3. The van der Waals surface area contributed by atoms with Crippen molar-refractivity contribution < 1.29 is 31.5 Å². The minimum atomic E-state index is -4.14. The highest BCUT2D eigenvalue weighted by atomic mass is 32.2. The van der Waals surface area contributed by atoms with Crippen LogP contribution in [-0.4, -0.2) is 21.5 Å². The second-order valence-electron chi connectivity index (χ2n) is 6.97. The number of rotatable bonds is 8. The van der Waals surface area contributed by atoms with Crippen LogP contribution >= 0.6 is 0 Å². The summed E-state index contributed by atoms with van der Waals surface area (Å²) in [6.07, 6.45) is 0. The average molecular weight is 461 g/mol. The molecule has 0 saturated carbocycles. The normalized spacial score (nSPS) is 12.2. The van der Waals surface area contributed by atoms with Gasteiger partial charge in [-0.2, -0.15) is 4.72 Å². The number of methoxy groups -OCH3 is 1.